The molecule has 0 radical (unpaired) electrons. The van der Waals surface area contributed by atoms with Crippen LogP contribution < -0.4 is 4.72 Å². The second kappa shape index (κ2) is 7.85. The van der Waals surface area contributed by atoms with Crippen LogP contribution >= 0.6 is 0 Å². The summed E-state index contributed by atoms with van der Waals surface area (Å²) in [5.41, 5.74) is 2.46. The van der Waals surface area contributed by atoms with Crippen LogP contribution in [0.5, 0.6) is 0 Å². The van der Waals surface area contributed by atoms with Gasteiger partial charge in [-0.2, -0.15) is 0 Å². The van der Waals surface area contributed by atoms with E-state index in [9.17, 15) is 13.2 Å². The van der Waals surface area contributed by atoms with Gasteiger partial charge >= 0.3 is 0 Å². The van der Waals surface area contributed by atoms with Crippen LogP contribution in [0.1, 0.15) is 37.0 Å². The highest BCUT2D eigenvalue weighted by Crippen LogP contribution is 2.21. The van der Waals surface area contributed by atoms with Crippen molar-refractivity contribution in [2.45, 2.75) is 58.1 Å². The molecule has 7 heteroatoms. The molecule has 1 N–H and O–H groups in total. The van der Waals surface area contributed by atoms with Gasteiger partial charge in [0.05, 0.1) is 17.1 Å². The van der Waals surface area contributed by atoms with Gasteiger partial charge in [0.2, 0.25) is 15.9 Å². The molecule has 2 unspecified atom stereocenters. The average molecular weight is 368 g/mol. The average Bonchev–Trinajstić information content (AvgIpc) is 2.44. The first kappa shape index (κ1) is 19.9. The Morgan fingerprint density at radius 2 is 1.68 bits per heavy atom. The van der Waals surface area contributed by atoms with Crippen molar-refractivity contribution >= 4 is 15.9 Å². The van der Waals surface area contributed by atoms with Crippen molar-refractivity contribution in [3.05, 3.63) is 28.8 Å². The van der Waals surface area contributed by atoms with Gasteiger partial charge in [-0.05, 0) is 45.7 Å². The van der Waals surface area contributed by atoms with E-state index in [1.165, 1.54) is 0 Å². The van der Waals surface area contributed by atoms with Crippen LogP contribution in [-0.2, 0) is 19.6 Å². The Kier molecular flexibility index (Phi) is 6.24. The molecule has 140 valence electrons. The summed E-state index contributed by atoms with van der Waals surface area (Å²) in [5.74, 6) is -0.0537. The van der Waals surface area contributed by atoms with E-state index in [2.05, 4.69) is 4.72 Å². The molecular weight excluding hydrogens is 340 g/mol. The third-order valence-electron chi connectivity index (χ3n) is 4.28. The molecule has 6 nitrogen and oxygen atoms in total. The molecule has 0 aliphatic carbocycles. The molecule has 1 saturated heterocycles. The summed E-state index contributed by atoms with van der Waals surface area (Å²) in [6, 6.07) is 3.70. The van der Waals surface area contributed by atoms with E-state index in [1.807, 2.05) is 32.9 Å². The van der Waals surface area contributed by atoms with Crippen molar-refractivity contribution in [1.29, 1.82) is 0 Å². The molecule has 1 amide bonds. The molecule has 1 heterocycles. The number of ether oxygens (including phenoxy) is 1. The van der Waals surface area contributed by atoms with Gasteiger partial charge in [-0.15, -0.1) is 0 Å². The van der Waals surface area contributed by atoms with Crippen molar-refractivity contribution in [1.82, 2.24) is 9.62 Å². The van der Waals surface area contributed by atoms with Gasteiger partial charge in [0, 0.05) is 26.1 Å². The largest absolute Gasteiger partial charge is 0.372 e. The molecular formula is C18H28N2O4S. The first-order chi connectivity index (χ1) is 11.6. The van der Waals surface area contributed by atoms with Gasteiger partial charge in [0.1, 0.15) is 0 Å². The number of sulfonamides is 1. The molecule has 25 heavy (non-hydrogen) atoms. The Morgan fingerprint density at radius 1 is 1.16 bits per heavy atom. The summed E-state index contributed by atoms with van der Waals surface area (Å²) in [4.78, 5) is 14.4. The smallest absolute Gasteiger partial charge is 0.241 e. The second-order valence-electron chi connectivity index (χ2n) is 6.93. The first-order valence-electron chi connectivity index (χ1n) is 8.61. The molecule has 0 bridgehead atoms. The van der Waals surface area contributed by atoms with Crippen molar-refractivity contribution in [3.63, 3.8) is 0 Å². The lowest BCUT2D eigenvalue weighted by Gasteiger charge is -2.35. The molecule has 0 aromatic heterocycles. The fraction of sp³-hybridized carbons (Fsp3) is 0.611. The Morgan fingerprint density at radius 3 is 2.20 bits per heavy atom. The predicted molar refractivity (Wildman–Crippen MR) is 97.0 cm³/mol. The SMILES string of the molecule is Cc1cc(C)c(S(=O)(=O)NCCC(=O)N2CC(C)OC(C)C2)c(C)c1. The van der Waals surface area contributed by atoms with Crippen molar-refractivity contribution < 1.29 is 17.9 Å². The first-order valence-corrected chi connectivity index (χ1v) is 10.1. The highest BCUT2D eigenvalue weighted by Gasteiger charge is 2.26. The summed E-state index contributed by atoms with van der Waals surface area (Å²) >= 11 is 0. The second-order valence-corrected chi connectivity index (χ2v) is 8.64. The predicted octanol–water partition coefficient (Wildman–Crippen LogP) is 1.92. The summed E-state index contributed by atoms with van der Waals surface area (Å²) < 4.78 is 33.4. The van der Waals surface area contributed by atoms with Crippen molar-refractivity contribution in [2.75, 3.05) is 19.6 Å². The normalized spacial score (nSPS) is 21.4. The summed E-state index contributed by atoms with van der Waals surface area (Å²) in [5, 5.41) is 0. The van der Waals surface area contributed by atoms with E-state index < -0.39 is 10.0 Å². The van der Waals surface area contributed by atoms with Crippen molar-refractivity contribution in [2.24, 2.45) is 0 Å². The zero-order chi connectivity index (χ0) is 18.8. The van der Waals surface area contributed by atoms with E-state index in [1.54, 1.807) is 18.7 Å². The van der Waals surface area contributed by atoms with E-state index in [-0.39, 0.29) is 31.1 Å². The number of nitrogens with zero attached hydrogens (tertiary/aromatic N) is 1. The lowest BCUT2D eigenvalue weighted by atomic mass is 10.1. The van der Waals surface area contributed by atoms with Gasteiger partial charge in [-0.3, -0.25) is 4.79 Å². The number of carbonyl (C=O) groups is 1. The minimum Gasteiger partial charge on any atom is -0.372 e. The molecule has 1 aromatic carbocycles. The topological polar surface area (TPSA) is 75.7 Å². The molecule has 1 aliphatic rings. The van der Waals surface area contributed by atoms with Crippen LogP contribution in [0.15, 0.2) is 17.0 Å². The molecule has 1 aliphatic heterocycles. The van der Waals surface area contributed by atoms with Crippen molar-refractivity contribution in [3.8, 4) is 0 Å². The van der Waals surface area contributed by atoms with E-state index in [0.717, 1.165) is 5.56 Å². The van der Waals surface area contributed by atoms with E-state index in [0.29, 0.717) is 29.1 Å². The lowest BCUT2D eigenvalue weighted by Crippen LogP contribution is -2.48. The number of hydrogen-bond donors (Lipinski definition) is 1. The zero-order valence-electron chi connectivity index (χ0n) is 15.6. The molecule has 1 fully saturated rings. The molecule has 2 rings (SSSR count). The molecule has 0 spiro atoms. The summed E-state index contributed by atoms with van der Waals surface area (Å²) in [6.07, 6.45) is 0.146. The number of nitrogens with one attached hydrogen (secondary N) is 1. The number of amides is 1. The quantitative estimate of drug-likeness (QED) is 0.861. The maximum Gasteiger partial charge on any atom is 0.241 e. The number of aryl methyl sites for hydroxylation is 3. The molecule has 0 saturated carbocycles. The standard InChI is InChI=1S/C18H28N2O4S/c1-12-8-13(2)18(14(3)9-12)25(22,23)19-7-6-17(21)20-10-15(4)24-16(5)11-20/h8-9,15-16,19H,6-7,10-11H2,1-5H3. The van der Waals surface area contributed by atoms with Crippen LogP contribution in [0, 0.1) is 20.8 Å². The van der Waals surface area contributed by atoms with Crippen LogP contribution in [0.4, 0.5) is 0 Å². The highest BCUT2D eigenvalue weighted by atomic mass is 32.2. The summed E-state index contributed by atoms with van der Waals surface area (Å²) in [6.45, 7) is 10.6. The number of hydrogen-bond acceptors (Lipinski definition) is 4. The zero-order valence-corrected chi connectivity index (χ0v) is 16.4. The number of rotatable bonds is 5. The van der Waals surface area contributed by atoms with Gasteiger partial charge in [-0.1, -0.05) is 17.7 Å². The number of carbonyl (C=O) groups excluding carboxylic acids is 1. The van der Waals surface area contributed by atoms with Gasteiger partial charge in [0.25, 0.3) is 0 Å². The highest BCUT2D eigenvalue weighted by molar-refractivity contribution is 7.89. The Hall–Kier alpha value is -1.44. The van der Waals surface area contributed by atoms with Crippen LogP contribution in [0.25, 0.3) is 0 Å². The number of benzene rings is 1. The van der Waals surface area contributed by atoms with E-state index >= 15 is 0 Å². The van der Waals surface area contributed by atoms with Gasteiger partial charge in [0.15, 0.2) is 0 Å². The fourth-order valence-electron chi connectivity index (χ4n) is 3.49. The third-order valence-corrected chi connectivity index (χ3v) is 6.04. The van der Waals surface area contributed by atoms with Gasteiger partial charge in [-0.25, -0.2) is 13.1 Å². The monoisotopic (exact) mass is 368 g/mol. The third kappa shape index (κ3) is 5.03. The minimum atomic E-state index is -3.63. The number of morpholine rings is 1. The van der Waals surface area contributed by atoms with Crippen LogP contribution in [0.3, 0.4) is 0 Å². The van der Waals surface area contributed by atoms with Crippen LogP contribution in [-0.4, -0.2) is 51.1 Å². The lowest BCUT2D eigenvalue weighted by molar-refractivity contribution is -0.143. The van der Waals surface area contributed by atoms with E-state index in [4.69, 9.17) is 4.74 Å². The molecule has 2 atom stereocenters. The van der Waals surface area contributed by atoms with Crippen LogP contribution in [0.2, 0.25) is 0 Å². The summed E-state index contributed by atoms with van der Waals surface area (Å²) in [7, 11) is -3.63. The Balaban J connectivity index is 1.98. The minimum absolute atomic E-state index is 0.00208. The maximum atomic E-state index is 12.6. The fourth-order valence-corrected chi connectivity index (χ4v) is 4.98. The maximum absolute atomic E-state index is 12.6. The van der Waals surface area contributed by atoms with Gasteiger partial charge < -0.3 is 9.64 Å². The Labute approximate surface area is 150 Å². The Bertz CT molecular complexity index is 712. The molecule has 1 aromatic rings.